The Labute approximate surface area is 131 Å². The number of carbonyl (C=O) groups excluding carboxylic acids is 1. The molecule has 0 aliphatic carbocycles. The van der Waals surface area contributed by atoms with E-state index in [0.717, 1.165) is 23.4 Å². The summed E-state index contributed by atoms with van der Waals surface area (Å²) in [7, 11) is 0. The normalized spacial score (nSPS) is 12.1. The lowest BCUT2D eigenvalue weighted by Crippen LogP contribution is -2.28. The first kappa shape index (κ1) is 16.3. The Balaban J connectivity index is 1.82. The molecule has 1 heterocycles. The van der Waals surface area contributed by atoms with Crippen molar-refractivity contribution in [2.24, 2.45) is 0 Å². The lowest BCUT2D eigenvalue weighted by Gasteiger charge is -2.16. The number of carbonyl (C=O) groups is 1. The molecule has 22 heavy (non-hydrogen) atoms. The maximum Gasteiger partial charge on any atom is 0.220 e. The van der Waals surface area contributed by atoms with Crippen molar-refractivity contribution in [3.05, 3.63) is 52.9 Å². The highest BCUT2D eigenvalue weighted by Crippen LogP contribution is 2.18. The van der Waals surface area contributed by atoms with E-state index in [-0.39, 0.29) is 5.91 Å². The molecule has 0 bridgehead atoms. The molecule has 1 aromatic heterocycles. The summed E-state index contributed by atoms with van der Waals surface area (Å²) in [5.41, 5.74) is 3.20. The van der Waals surface area contributed by atoms with Gasteiger partial charge in [-0.1, -0.05) is 42.4 Å². The molecule has 1 amide bonds. The first-order valence-electron chi connectivity index (χ1n) is 7.85. The second-order valence-corrected chi connectivity index (χ2v) is 5.62. The van der Waals surface area contributed by atoms with Gasteiger partial charge in [-0.15, -0.1) is 0 Å². The van der Waals surface area contributed by atoms with E-state index in [1.807, 2.05) is 32.0 Å². The van der Waals surface area contributed by atoms with Crippen LogP contribution in [0.2, 0.25) is 0 Å². The van der Waals surface area contributed by atoms with Crippen molar-refractivity contribution in [3.63, 3.8) is 0 Å². The molecule has 0 saturated heterocycles. The van der Waals surface area contributed by atoms with Gasteiger partial charge in [-0.05, 0) is 32.3 Å². The number of amides is 1. The summed E-state index contributed by atoms with van der Waals surface area (Å²) in [5, 5.41) is 6.96. The molecule has 1 aromatic carbocycles. The van der Waals surface area contributed by atoms with Gasteiger partial charge in [-0.25, -0.2) is 0 Å². The minimum atomic E-state index is 0.0781. The summed E-state index contributed by atoms with van der Waals surface area (Å²) < 4.78 is 5.12. The van der Waals surface area contributed by atoms with Gasteiger partial charge in [-0.2, -0.15) is 0 Å². The lowest BCUT2D eigenvalue weighted by atomic mass is 9.96. The number of aromatic nitrogens is 1. The van der Waals surface area contributed by atoms with Crippen LogP contribution in [0.1, 0.15) is 48.3 Å². The molecule has 0 aliphatic heterocycles. The molecule has 0 aliphatic rings. The van der Waals surface area contributed by atoms with E-state index in [1.165, 1.54) is 5.56 Å². The molecule has 4 nitrogen and oxygen atoms in total. The predicted molar refractivity (Wildman–Crippen MR) is 86.8 cm³/mol. The fourth-order valence-corrected chi connectivity index (χ4v) is 2.65. The average molecular weight is 300 g/mol. The Hall–Kier alpha value is -2.10. The fraction of sp³-hybridized carbons (Fsp3) is 0.444. The summed E-state index contributed by atoms with van der Waals surface area (Å²) >= 11 is 0. The predicted octanol–water partition coefficient (Wildman–Crippen LogP) is 3.53. The number of aryl methyl sites for hydroxylation is 2. The molecule has 1 unspecified atom stereocenters. The largest absolute Gasteiger partial charge is 0.361 e. The zero-order chi connectivity index (χ0) is 15.9. The van der Waals surface area contributed by atoms with Crippen molar-refractivity contribution < 1.29 is 9.32 Å². The third-order valence-electron chi connectivity index (χ3n) is 4.09. The number of benzene rings is 1. The van der Waals surface area contributed by atoms with E-state index in [4.69, 9.17) is 4.52 Å². The molecular formula is C18H24N2O2. The van der Waals surface area contributed by atoms with E-state index in [2.05, 4.69) is 29.5 Å². The van der Waals surface area contributed by atoms with E-state index >= 15 is 0 Å². The van der Waals surface area contributed by atoms with Crippen molar-refractivity contribution >= 4 is 5.91 Å². The lowest BCUT2D eigenvalue weighted by molar-refractivity contribution is -0.121. The SMILES string of the molecule is CCC(CNC(=O)CCc1c(C)noc1C)c1ccccc1. The number of hydrogen-bond donors (Lipinski definition) is 1. The second-order valence-electron chi connectivity index (χ2n) is 5.62. The number of rotatable bonds is 7. The molecule has 1 atom stereocenters. The van der Waals surface area contributed by atoms with E-state index in [9.17, 15) is 4.79 Å². The van der Waals surface area contributed by atoms with Crippen LogP contribution in [0.25, 0.3) is 0 Å². The zero-order valence-corrected chi connectivity index (χ0v) is 13.6. The van der Waals surface area contributed by atoms with Crippen LogP contribution >= 0.6 is 0 Å². The van der Waals surface area contributed by atoms with Gasteiger partial charge in [0.15, 0.2) is 0 Å². The van der Waals surface area contributed by atoms with Crippen LogP contribution in [0.5, 0.6) is 0 Å². The quantitative estimate of drug-likeness (QED) is 0.851. The number of hydrogen-bond acceptors (Lipinski definition) is 3. The van der Waals surface area contributed by atoms with Gasteiger partial charge in [-0.3, -0.25) is 4.79 Å². The number of nitrogens with one attached hydrogen (secondary N) is 1. The minimum absolute atomic E-state index is 0.0781. The monoisotopic (exact) mass is 300 g/mol. The summed E-state index contributed by atoms with van der Waals surface area (Å²) in [6.45, 7) is 6.62. The van der Waals surface area contributed by atoms with Gasteiger partial charge in [0.25, 0.3) is 0 Å². The molecule has 0 spiro atoms. The topological polar surface area (TPSA) is 55.1 Å². The van der Waals surface area contributed by atoms with Gasteiger partial charge >= 0.3 is 0 Å². The van der Waals surface area contributed by atoms with Crippen LogP contribution in [0.3, 0.4) is 0 Å². The molecular weight excluding hydrogens is 276 g/mol. The van der Waals surface area contributed by atoms with Crippen LogP contribution in [-0.2, 0) is 11.2 Å². The van der Waals surface area contributed by atoms with Gasteiger partial charge < -0.3 is 9.84 Å². The molecule has 2 rings (SSSR count). The van der Waals surface area contributed by atoms with E-state index in [1.54, 1.807) is 0 Å². The van der Waals surface area contributed by atoms with Crippen LogP contribution in [0.4, 0.5) is 0 Å². The maximum absolute atomic E-state index is 12.1. The first-order valence-corrected chi connectivity index (χ1v) is 7.85. The van der Waals surface area contributed by atoms with Crippen molar-refractivity contribution in [1.29, 1.82) is 0 Å². The molecule has 1 N–H and O–H groups in total. The van der Waals surface area contributed by atoms with Crippen molar-refractivity contribution in [1.82, 2.24) is 10.5 Å². The van der Waals surface area contributed by atoms with Crippen LogP contribution in [-0.4, -0.2) is 17.6 Å². The van der Waals surface area contributed by atoms with Gasteiger partial charge in [0, 0.05) is 24.4 Å². The zero-order valence-electron chi connectivity index (χ0n) is 13.6. The van der Waals surface area contributed by atoms with Gasteiger partial charge in [0.2, 0.25) is 5.91 Å². The Morgan fingerprint density at radius 1 is 1.27 bits per heavy atom. The van der Waals surface area contributed by atoms with Crippen molar-refractivity contribution in [3.8, 4) is 0 Å². The number of nitrogens with zero attached hydrogens (tertiary/aromatic N) is 1. The molecule has 2 aromatic rings. The second kappa shape index (κ2) is 7.78. The Kier molecular flexibility index (Phi) is 5.75. The van der Waals surface area contributed by atoms with Crippen LogP contribution in [0.15, 0.2) is 34.9 Å². The van der Waals surface area contributed by atoms with Gasteiger partial charge in [0.1, 0.15) is 5.76 Å². The van der Waals surface area contributed by atoms with Crippen LogP contribution in [0, 0.1) is 13.8 Å². The summed E-state index contributed by atoms with van der Waals surface area (Å²) in [5.74, 6) is 1.25. The third-order valence-corrected chi connectivity index (χ3v) is 4.09. The maximum atomic E-state index is 12.1. The standard InChI is InChI=1S/C18H24N2O2/c1-4-15(16-8-6-5-7-9-16)12-19-18(21)11-10-17-13(2)20-22-14(17)3/h5-9,15H,4,10-12H2,1-3H3,(H,19,21). The Bertz CT molecular complexity index is 585. The summed E-state index contributed by atoms with van der Waals surface area (Å²) in [6.07, 6.45) is 2.15. The van der Waals surface area contributed by atoms with Crippen molar-refractivity contribution in [2.75, 3.05) is 6.54 Å². The highest BCUT2D eigenvalue weighted by atomic mass is 16.5. The molecule has 0 radical (unpaired) electrons. The Morgan fingerprint density at radius 2 is 2.00 bits per heavy atom. The minimum Gasteiger partial charge on any atom is -0.361 e. The summed E-state index contributed by atoms with van der Waals surface area (Å²) in [6, 6.07) is 10.3. The first-order chi connectivity index (χ1) is 10.6. The fourth-order valence-electron chi connectivity index (χ4n) is 2.65. The molecule has 0 saturated carbocycles. The highest BCUT2D eigenvalue weighted by Gasteiger charge is 2.13. The molecule has 0 fully saturated rings. The average Bonchev–Trinajstić information content (AvgIpc) is 2.85. The van der Waals surface area contributed by atoms with E-state index in [0.29, 0.717) is 25.3 Å². The van der Waals surface area contributed by atoms with E-state index < -0.39 is 0 Å². The highest BCUT2D eigenvalue weighted by molar-refractivity contribution is 5.76. The summed E-state index contributed by atoms with van der Waals surface area (Å²) in [4.78, 5) is 12.1. The molecule has 4 heteroatoms. The van der Waals surface area contributed by atoms with Crippen LogP contribution < -0.4 is 5.32 Å². The third kappa shape index (κ3) is 4.20. The Morgan fingerprint density at radius 3 is 2.59 bits per heavy atom. The smallest absolute Gasteiger partial charge is 0.220 e. The molecule has 118 valence electrons. The van der Waals surface area contributed by atoms with Gasteiger partial charge in [0.05, 0.1) is 5.69 Å². The van der Waals surface area contributed by atoms with Crippen molar-refractivity contribution in [2.45, 2.75) is 46.0 Å².